The Morgan fingerprint density at radius 3 is 2.32 bits per heavy atom. The van der Waals surface area contributed by atoms with Gasteiger partial charge in [0, 0.05) is 6.42 Å². The van der Waals surface area contributed by atoms with E-state index in [2.05, 4.69) is 0 Å². The maximum absolute atomic E-state index is 11.8. The Balaban J connectivity index is 4.27. The summed E-state index contributed by atoms with van der Waals surface area (Å²) in [4.78, 5) is 23.2. The summed E-state index contributed by atoms with van der Waals surface area (Å²) in [6, 6.07) is 0. The third kappa shape index (κ3) is 9.28. The van der Waals surface area contributed by atoms with Gasteiger partial charge in [0.1, 0.15) is 6.61 Å². The van der Waals surface area contributed by atoms with Gasteiger partial charge in [-0.15, -0.1) is 0 Å². The molecular weight excluding hydrogens is 244 g/mol. The second-order valence-electron chi connectivity index (χ2n) is 4.42. The van der Waals surface area contributed by atoms with Crippen LogP contribution < -0.4 is 0 Å². The predicted octanol–water partition coefficient (Wildman–Crippen LogP) is 3.40. The first-order valence-electron chi connectivity index (χ1n) is 7.17. The molecule has 0 aromatic rings. The number of carbonyl (C=O) groups is 2. The summed E-state index contributed by atoms with van der Waals surface area (Å²) >= 11 is 0. The smallest absolute Gasteiger partial charge is 0.337 e. The van der Waals surface area contributed by atoms with Crippen LogP contribution in [0.25, 0.3) is 0 Å². The molecule has 0 aliphatic carbocycles. The van der Waals surface area contributed by atoms with Crippen molar-refractivity contribution in [2.75, 3.05) is 13.2 Å². The number of rotatable bonds is 10. The molecule has 0 amide bonds. The van der Waals surface area contributed by atoms with Crippen molar-refractivity contribution in [3.63, 3.8) is 0 Å². The number of carbonyl (C=O) groups excluding carboxylic acids is 2. The van der Waals surface area contributed by atoms with Crippen LogP contribution in [0, 0.1) is 0 Å². The summed E-state index contributed by atoms with van der Waals surface area (Å²) < 4.78 is 10.2. The van der Waals surface area contributed by atoms with Gasteiger partial charge in [0.2, 0.25) is 0 Å². The van der Waals surface area contributed by atoms with E-state index in [4.69, 9.17) is 9.47 Å². The Morgan fingerprint density at radius 1 is 1.00 bits per heavy atom. The standard InChI is InChI=1S/C15H26O4/c1-4-7-9-13(15(17)18-11-6-3)12-19-14(16)10-8-5-2/h9H,4-8,10-12H2,1-3H3. The van der Waals surface area contributed by atoms with E-state index in [1.165, 1.54) is 0 Å². The normalized spacial score (nSPS) is 11.2. The van der Waals surface area contributed by atoms with Crippen LogP contribution in [0.3, 0.4) is 0 Å². The monoisotopic (exact) mass is 270 g/mol. The van der Waals surface area contributed by atoms with E-state index >= 15 is 0 Å². The van der Waals surface area contributed by atoms with Crippen molar-refractivity contribution in [3.8, 4) is 0 Å². The molecule has 110 valence electrons. The van der Waals surface area contributed by atoms with Gasteiger partial charge in [0.25, 0.3) is 0 Å². The molecule has 0 heterocycles. The van der Waals surface area contributed by atoms with Gasteiger partial charge in [0.15, 0.2) is 0 Å². The molecule has 19 heavy (non-hydrogen) atoms. The van der Waals surface area contributed by atoms with E-state index in [1.807, 2.05) is 20.8 Å². The van der Waals surface area contributed by atoms with Gasteiger partial charge in [-0.05, 0) is 19.3 Å². The Morgan fingerprint density at radius 2 is 1.74 bits per heavy atom. The fourth-order valence-corrected chi connectivity index (χ4v) is 1.36. The van der Waals surface area contributed by atoms with E-state index in [0.29, 0.717) is 18.6 Å². The van der Waals surface area contributed by atoms with Gasteiger partial charge in [-0.2, -0.15) is 0 Å². The Labute approximate surface area is 116 Å². The number of unbranched alkanes of at least 4 members (excludes halogenated alkanes) is 2. The highest BCUT2D eigenvalue weighted by atomic mass is 16.5. The molecule has 0 fully saturated rings. The zero-order chi connectivity index (χ0) is 14.5. The lowest BCUT2D eigenvalue weighted by molar-refractivity contribution is -0.145. The lowest BCUT2D eigenvalue weighted by atomic mass is 10.2. The van der Waals surface area contributed by atoms with Crippen molar-refractivity contribution in [1.29, 1.82) is 0 Å². The number of allylic oxidation sites excluding steroid dienone is 1. The van der Waals surface area contributed by atoms with Crippen LogP contribution in [0.4, 0.5) is 0 Å². The molecule has 0 saturated heterocycles. The minimum absolute atomic E-state index is 0.0189. The van der Waals surface area contributed by atoms with Gasteiger partial charge >= 0.3 is 11.9 Å². The molecule has 0 bridgehead atoms. The van der Waals surface area contributed by atoms with E-state index < -0.39 is 0 Å². The molecule has 0 rings (SSSR count). The third-order valence-corrected chi connectivity index (χ3v) is 2.50. The van der Waals surface area contributed by atoms with Gasteiger partial charge in [-0.25, -0.2) is 4.79 Å². The topological polar surface area (TPSA) is 52.6 Å². The quantitative estimate of drug-likeness (QED) is 0.451. The maximum atomic E-state index is 11.8. The van der Waals surface area contributed by atoms with Gasteiger partial charge in [0.05, 0.1) is 12.2 Å². The molecule has 0 radical (unpaired) electrons. The molecule has 0 aromatic carbocycles. The summed E-state index contributed by atoms with van der Waals surface area (Å²) in [6.45, 7) is 6.39. The van der Waals surface area contributed by atoms with Crippen molar-refractivity contribution in [2.45, 2.75) is 59.3 Å². The molecule has 0 aliphatic rings. The summed E-state index contributed by atoms with van der Waals surface area (Å²) in [6.07, 6.45) is 6.46. The summed E-state index contributed by atoms with van der Waals surface area (Å²) in [5.41, 5.74) is 0.445. The summed E-state index contributed by atoms with van der Waals surface area (Å²) in [5, 5.41) is 0. The van der Waals surface area contributed by atoms with E-state index in [1.54, 1.807) is 6.08 Å². The van der Waals surface area contributed by atoms with Crippen molar-refractivity contribution in [1.82, 2.24) is 0 Å². The van der Waals surface area contributed by atoms with E-state index in [9.17, 15) is 9.59 Å². The SMILES string of the molecule is CCCC=C(COC(=O)CCCC)C(=O)OCCC. The lowest BCUT2D eigenvalue weighted by Crippen LogP contribution is -2.16. The first kappa shape index (κ1) is 17.7. The van der Waals surface area contributed by atoms with Crippen LogP contribution in [0.2, 0.25) is 0 Å². The van der Waals surface area contributed by atoms with Crippen molar-refractivity contribution in [2.24, 2.45) is 0 Å². The number of esters is 2. The zero-order valence-electron chi connectivity index (χ0n) is 12.4. The predicted molar refractivity (Wildman–Crippen MR) is 74.7 cm³/mol. The molecule has 0 aromatic heterocycles. The van der Waals surface area contributed by atoms with Gasteiger partial charge < -0.3 is 9.47 Å². The summed E-state index contributed by atoms with van der Waals surface area (Å²) in [7, 11) is 0. The van der Waals surface area contributed by atoms with E-state index in [-0.39, 0.29) is 18.5 Å². The number of hydrogen-bond acceptors (Lipinski definition) is 4. The van der Waals surface area contributed by atoms with E-state index in [0.717, 1.165) is 32.1 Å². The molecule has 0 aliphatic heterocycles. The molecule has 4 heteroatoms. The Bertz CT molecular complexity index is 295. The Hall–Kier alpha value is -1.32. The first-order valence-corrected chi connectivity index (χ1v) is 7.17. The average Bonchev–Trinajstić information content (AvgIpc) is 2.42. The summed E-state index contributed by atoms with van der Waals surface area (Å²) in [5.74, 6) is -0.633. The lowest BCUT2D eigenvalue weighted by Gasteiger charge is -2.09. The van der Waals surface area contributed by atoms with Crippen LogP contribution in [0.1, 0.15) is 59.3 Å². The van der Waals surface area contributed by atoms with Crippen LogP contribution in [-0.2, 0) is 19.1 Å². The van der Waals surface area contributed by atoms with Gasteiger partial charge in [-0.3, -0.25) is 4.79 Å². The Kier molecular flexibility index (Phi) is 10.9. The second-order valence-corrected chi connectivity index (χ2v) is 4.42. The fraction of sp³-hybridized carbons (Fsp3) is 0.733. The third-order valence-electron chi connectivity index (χ3n) is 2.50. The van der Waals surface area contributed by atoms with Crippen LogP contribution >= 0.6 is 0 Å². The second kappa shape index (κ2) is 11.8. The molecule has 0 N–H and O–H groups in total. The van der Waals surface area contributed by atoms with Crippen LogP contribution in [0.15, 0.2) is 11.6 Å². The average molecular weight is 270 g/mol. The molecule has 4 nitrogen and oxygen atoms in total. The molecule has 0 atom stereocenters. The number of hydrogen-bond donors (Lipinski definition) is 0. The minimum Gasteiger partial charge on any atom is -0.462 e. The zero-order valence-corrected chi connectivity index (χ0v) is 12.4. The largest absolute Gasteiger partial charge is 0.462 e. The van der Waals surface area contributed by atoms with Crippen molar-refractivity contribution >= 4 is 11.9 Å². The highest BCUT2D eigenvalue weighted by Gasteiger charge is 2.13. The maximum Gasteiger partial charge on any atom is 0.337 e. The van der Waals surface area contributed by atoms with Crippen LogP contribution in [0.5, 0.6) is 0 Å². The van der Waals surface area contributed by atoms with Gasteiger partial charge in [-0.1, -0.05) is 39.7 Å². The highest BCUT2D eigenvalue weighted by molar-refractivity contribution is 5.89. The first-order chi connectivity index (χ1) is 9.15. The molecule has 0 spiro atoms. The highest BCUT2D eigenvalue weighted by Crippen LogP contribution is 2.06. The number of ether oxygens (including phenoxy) is 2. The molecule has 0 saturated carbocycles. The minimum atomic E-state index is -0.376. The molecule has 0 unspecified atom stereocenters. The fourth-order valence-electron chi connectivity index (χ4n) is 1.36. The van der Waals surface area contributed by atoms with Crippen molar-refractivity contribution < 1.29 is 19.1 Å². The van der Waals surface area contributed by atoms with Crippen LogP contribution in [-0.4, -0.2) is 25.2 Å². The van der Waals surface area contributed by atoms with Crippen molar-refractivity contribution in [3.05, 3.63) is 11.6 Å². The molecular formula is C15H26O4.